The maximum Gasteiger partial charge on any atom is 0.149 e. The highest BCUT2D eigenvalue weighted by atomic mass is 16.3. The molecular weight excluding hydrogens is 282 g/mol. The van der Waals surface area contributed by atoms with Crippen LogP contribution in [0.15, 0.2) is 18.2 Å². The number of pyridine rings is 1. The second-order valence-electron chi connectivity index (χ2n) is 6.17. The molecule has 0 amide bonds. The average molecular weight is 311 g/mol. The van der Waals surface area contributed by atoms with Crippen LogP contribution in [-0.4, -0.2) is 10.1 Å². The summed E-state index contributed by atoms with van der Waals surface area (Å²) in [7, 11) is 0. The zero-order valence-electron chi connectivity index (χ0n) is 14.9. The molecule has 0 saturated carbocycles. The molecule has 1 aromatic carbocycles. The van der Waals surface area contributed by atoms with Gasteiger partial charge in [0.05, 0.1) is 0 Å². The van der Waals surface area contributed by atoms with Crippen molar-refractivity contribution in [3.63, 3.8) is 0 Å². The molecule has 0 fully saturated rings. The molecule has 0 bridgehead atoms. The largest absolute Gasteiger partial charge is 0.505 e. The molecule has 0 aliphatic rings. The van der Waals surface area contributed by atoms with Crippen LogP contribution in [0.25, 0.3) is 17.0 Å². The van der Waals surface area contributed by atoms with Crippen LogP contribution >= 0.6 is 0 Å². The van der Waals surface area contributed by atoms with Crippen molar-refractivity contribution >= 4 is 17.0 Å². The second-order valence-corrected chi connectivity index (χ2v) is 6.17. The smallest absolute Gasteiger partial charge is 0.149 e. The van der Waals surface area contributed by atoms with Gasteiger partial charge in [-0.15, -0.1) is 0 Å². The highest BCUT2D eigenvalue weighted by Crippen LogP contribution is 2.34. The standard InChI is InChI=1S/C21H29NO/c1-5-9-15-13-14-18-16(10-6-2)17(11-7-3)19(12-8-4)22-20(18)21(15)23/h5,9,13-14,23H,6-8,10-12H2,1-4H3/b9-5+. The number of rotatable bonds is 7. The van der Waals surface area contributed by atoms with Crippen molar-refractivity contribution < 1.29 is 5.11 Å². The highest BCUT2D eigenvalue weighted by molar-refractivity contribution is 5.91. The van der Waals surface area contributed by atoms with Gasteiger partial charge in [-0.3, -0.25) is 0 Å². The van der Waals surface area contributed by atoms with E-state index in [0.29, 0.717) is 5.75 Å². The quantitative estimate of drug-likeness (QED) is 0.697. The van der Waals surface area contributed by atoms with Crippen LogP contribution in [-0.2, 0) is 19.3 Å². The van der Waals surface area contributed by atoms with Crippen molar-refractivity contribution in [2.75, 3.05) is 0 Å². The molecule has 0 atom stereocenters. The molecule has 23 heavy (non-hydrogen) atoms. The van der Waals surface area contributed by atoms with E-state index in [2.05, 4.69) is 26.8 Å². The van der Waals surface area contributed by atoms with Crippen LogP contribution in [0, 0.1) is 0 Å². The lowest BCUT2D eigenvalue weighted by atomic mass is 9.92. The summed E-state index contributed by atoms with van der Waals surface area (Å²) in [5.74, 6) is 0.318. The Morgan fingerprint density at radius 1 is 0.957 bits per heavy atom. The summed E-state index contributed by atoms with van der Waals surface area (Å²) in [5.41, 5.74) is 5.61. The van der Waals surface area contributed by atoms with Gasteiger partial charge in [-0.05, 0) is 37.3 Å². The number of fused-ring (bicyclic) bond motifs is 1. The van der Waals surface area contributed by atoms with Crippen molar-refractivity contribution in [3.05, 3.63) is 40.6 Å². The summed E-state index contributed by atoms with van der Waals surface area (Å²) in [5, 5.41) is 11.8. The molecule has 0 spiro atoms. The summed E-state index contributed by atoms with van der Waals surface area (Å²) >= 11 is 0. The Morgan fingerprint density at radius 3 is 2.22 bits per heavy atom. The number of nitrogens with zero attached hydrogens (tertiary/aromatic N) is 1. The minimum Gasteiger partial charge on any atom is -0.505 e. The normalized spacial score (nSPS) is 11.7. The van der Waals surface area contributed by atoms with Crippen LogP contribution in [0.5, 0.6) is 5.75 Å². The van der Waals surface area contributed by atoms with E-state index in [1.54, 1.807) is 0 Å². The number of benzene rings is 1. The van der Waals surface area contributed by atoms with Crippen molar-refractivity contribution in [1.29, 1.82) is 0 Å². The number of phenolic OH excluding ortho intramolecular Hbond substituents is 1. The third-order valence-corrected chi connectivity index (χ3v) is 4.30. The number of allylic oxidation sites excluding steroid dienone is 1. The highest BCUT2D eigenvalue weighted by Gasteiger charge is 2.16. The number of aromatic nitrogens is 1. The number of aryl methyl sites for hydroxylation is 2. The first-order valence-corrected chi connectivity index (χ1v) is 8.96. The zero-order chi connectivity index (χ0) is 16.8. The van der Waals surface area contributed by atoms with Gasteiger partial charge in [0, 0.05) is 16.6 Å². The number of aromatic hydroxyl groups is 1. The molecule has 2 nitrogen and oxygen atoms in total. The molecule has 2 rings (SSSR count). The lowest BCUT2D eigenvalue weighted by Gasteiger charge is -2.18. The molecule has 0 aliphatic carbocycles. The van der Waals surface area contributed by atoms with Crippen molar-refractivity contribution in [3.8, 4) is 5.75 Å². The molecule has 1 N–H and O–H groups in total. The third kappa shape index (κ3) is 3.57. The van der Waals surface area contributed by atoms with Crippen LogP contribution < -0.4 is 0 Å². The molecule has 124 valence electrons. The van der Waals surface area contributed by atoms with Crippen LogP contribution in [0.2, 0.25) is 0 Å². The Kier molecular flexibility index (Phi) is 6.20. The first-order valence-electron chi connectivity index (χ1n) is 8.96. The van der Waals surface area contributed by atoms with E-state index in [4.69, 9.17) is 4.98 Å². The van der Waals surface area contributed by atoms with Gasteiger partial charge in [0.1, 0.15) is 11.3 Å². The second kappa shape index (κ2) is 8.14. The first kappa shape index (κ1) is 17.5. The summed E-state index contributed by atoms with van der Waals surface area (Å²) in [6.45, 7) is 8.60. The predicted molar refractivity (Wildman–Crippen MR) is 100 cm³/mol. The summed E-state index contributed by atoms with van der Waals surface area (Å²) in [6.07, 6.45) is 10.3. The lowest BCUT2D eigenvalue weighted by molar-refractivity contribution is 0.479. The van der Waals surface area contributed by atoms with Gasteiger partial charge < -0.3 is 5.11 Å². The van der Waals surface area contributed by atoms with E-state index < -0.39 is 0 Å². The van der Waals surface area contributed by atoms with Crippen molar-refractivity contribution in [2.45, 2.75) is 66.2 Å². The maximum atomic E-state index is 10.7. The molecule has 1 aromatic heterocycles. The Balaban J connectivity index is 2.80. The van der Waals surface area contributed by atoms with Crippen LogP contribution in [0.1, 0.15) is 69.3 Å². The van der Waals surface area contributed by atoms with Crippen molar-refractivity contribution in [2.24, 2.45) is 0 Å². The monoisotopic (exact) mass is 311 g/mol. The maximum absolute atomic E-state index is 10.7. The first-order chi connectivity index (χ1) is 11.2. The molecule has 2 heteroatoms. The van der Waals surface area contributed by atoms with E-state index in [9.17, 15) is 5.11 Å². The van der Waals surface area contributed by atoms with Gasteiger partial charge >= 0.3 is 0 Å². The fraction of sp³-hybridized carbons (Fsp3) is 0.476. The third-order valence-electron chi connectivity index (χ3n) is 4.30. The molecular formula is C21H29NO. The van der Waals surface area contributed by atoms with E-state index in [0.717, 1.165) is 55.0 Å². The van der Waals surface area contributed by atoms with E-state index >= 15 is 0 Å². The van der Waals surface area contributed by atoms with Gasteiger partial charge in [0.15, 0.2) is 0 Å². The summed E-state index contributed by atoms with van der Waals surface area (Å²) in [4.78, 5) is 4.88. The zero-order valence-corrected chi connectivity index (χ0v) is 14.9. The topological polar surface area (TPSA) is 33.1 Å². The van der Waals surface area contributed by atoms with Gasteiger partial charge in [-0.2, -0.15) is 0 Å². The molecule has 2 aromatic rings. The fourth-order valence-corrected chi connectivity index (χ4v) is 3.33. The molecule has 0 unspecified atom stereocenters. The number of hydrogen-bond acceptors (Lipinski definition) is 2. The van der Waals surface area contributed by atoms with E-state index in [-0.39, 0.29) is 0 Å². The molecule has 0 aliphatic heterocycles. The molecule has 1 heterocycles. The lowest BCUT2D eigenvalue weighted by Crippen LogP contribution is -2.05. The van der Waals surface area contributed by atoms with Gasteiger partial charge in [-0.1, -0.05) is 64.3 Å². The van der Waals surface area contributed by atoms with Gasteiger partial charge in [0.25, 0.3) is 0 Å². The van der Waals surface area contributed by atoms with E-state index in [1.807, 2.05) is 25.1 Å². The van der Waals surface area contributed by atoms with Gasteiger partial charge in [-0.25, -0.2) is 4.98 Å². The SMILES string of the molecule is C/C=C/c1ccc2c(CCC)c(CCC)c(CCC)nc2c1O. The van der Waals surface area contributed by atoms with Crippen molar-refractivity contribution in [1.82, 2.24) is 4.98 Å². The summed E-state index contributed by atoms with van der Waals surface area (Å²) < 4.78 is 0. The van der Waals surface area contributed by atoms with E-state index in [1.165, 1.54) is 16.8 Å². The molecule has 0 saturated heterocycles. The minimum atomic E-state index is 0.318. The van der Waals surface area contributed by atoms with Gasteiger partial charge in [0.2, 0.25) is 0 Å². The fourth-order valence-electron chi connectivity index (χ4n) is 3.33. The van der Waals surface area contributed by atoms with Crippen LogP contribution in [0.4, 0.5) is 0 Å². The Bertz CT molecular complexity index is 701. The number of hydrogen-bond donors (Lipinski definition) is 1. The minimum absolute atomic E-state index is 0.318. The number of phenols is 1. The Morgan fingerprint density at radius 2 is 1.61 bits per heavy atom. The summed E-state index contributed by atoms with van der Waals surface area (Å²) in [6, 6.07) is 4.14. The van der Waals surface area contributed by atoms with Crippen LogP contribution in [0.3, 0.4) is 0 Å². The molecule has 0 radical (unpaired) electrons. The average Bonchev–Trinajstić information content (AvgIpc) is 2.54. The predicted octanol–water partition coefficient (Wildman–Crippen LogP) is 5.83. The Hall–Kier alpha value is -1.83. The Labute approximate surface area is 140 Å².